The molecule has 3 rings (SSSR count). The number of benzene rings is 2. The smallest absolute Gasteiger partial charge is 0.493 e. The fourth-order valence-electron chi connectivity index (χ4n) is 3.82. The summed E-state index contributed by atoms with van der Waals surface area (Å²) >= 11 is 0. The molecule has 2 aromatic carbocycles. The van der Waals surface area contributed by atoms with Gasteiger partial charge in [0.1, 0.15) is 0 Å². The number of fused-ring (bicyclic) bond motifs is 1. The summed E-state index contributed by atoms with van der Waals surface area (Å²) in [4.78, 5) is 27.4. The topological polar surface area (TPSA) is 74.3 Å². The van der Waals surface area contributed by atoms with Gasteiger partial charge in [-0.15, -0.1) is 0 Å². The molecule has 0 bridgehead atoms. The molecule has 33 heavy (non-hydrogen) atoms. The normalized spacial score (nSPS) is 14.9. The molecule has 1 aliphatic heterocycles. The van der Waals surface area contributed by atoms with Crippen LogP contribution in [0.15, 0.2) is 48.6 Å². The molecular weight excluding hydrogens is 422 g/mol. The lowest BCUT2D eigenvalue weighted by molar-refractivity contribution is 0.0986. The van der Waals surface area contributed by atoms with Crippen molar-refractivity contribution in [2.24, 2.45) is 0 Å². The van der Waals surface area contributed by atoms with Crippen molar-refractivity contribution in [1.82, 2.24) is 0 Å². The number of hydrogen-bond donors (Lipinski definition) is 0. The molecular formula is C26H31NO6. The Balaban J connectivity index is 2.01. The van der Waals surface area contributed by atoms with Crippen LogP contribution in [0.4, 0.5) is 10.5 Å². The maximum absolute atomic E-state index is 13.7. The van der Waals surface area contributed by atoms with Gasteiger partial charge in [0.25, 0.3) is 5.91 Å². The molecule has 2 aromatic rings. The molecule has 1 heterocycles. The SMILES string of the molecule is CCOC(=O)Oc1c(OC)cc(C(=O)N2CC/C=C\CCCCc3ccccc32)cc1OC. The van der Waals surface area contributed by atoms with Crippen LogP contribution in [0.1, 0.15) is 48.5 Å². The van der Waals surface area contributed by atoms with Crippen LogP contribution in [0.3, 0.4) is 0 Å². The Kier molecular flexibility index (Phi) is 8.75. The van der Waals surface area contributed by atoms with Gasteiger partial charge >= 0.3 is 6.16 Å². The van der Waals surface area contributed by atoms with Crippen molar-refractivity contribution in [3.63, 3.8) is 0 Å². The summed E-state index contributed by atoms with van der Waals surface area (Å²) in [5.74, 6) is 0.291. The van der Waals surface area contributed by atoms with E-state index in [1.54, 1.807) is 24.0 Å². The highest BCUT2D eigenvalue weighted by Gasteiger charge is 2.25. The quantitative estimate of drug-likeness (QED) is 0.335. The average molecular weight is 454 g/mol. The number of anilines is 1. The third kappa shape index (κ3) is 6.06. The molecule has 7 heteroatoms. The Labute approximate surface area is 194 Å². The van der Waals surface area contributed by atoms with Crippen molar-refractivity contribution in [3.8, 4) is 17.2 Å². The summed E-state index contributed by atoms with van der Waals surface area (Å²) in [7, 11) is 2.88. The van der Waals surface area contributed by atoms with Crippen molar-refractivity contribution in [3.05, 3.63) is 59.7 Å². The minimum absolute atomic E-state index is 0.0655. The lowest BCUT2D eigenvalue weighted by Gasteiger charge is -2.26. The summed E-state index contributed by atoms with van der Waals surface area (Å²) < 4.78 is 21.0. The lowest BCUT2D eigenvalue weighted by Crippen LogP contribution is -2.32. The molecule has 0 saturated carbocycles. The predicted molar refractivity (Wildman–Crippen MR) is 127 cm³/mol. The van der Waals surface area contributed by atoms with E-state index in [0.717, 1.165) is 43.4 Å². The second kappa shape index (κ2) is 11.9. The zero-order valence-corrected chi connectivity index (χ0v) is 19.5. The Bertz CT molecular complexity index is 975. The van der Waals surface area contributed by atoms with Gasteiger partial charge in [0.15, 0.2) is 11.5 Å². The minimum atomic E-state index is -0.874. The molecule has 0 aromatic heterocycles. The summed E-state index contributed by atoms with van der Waals surface area (Å²) in [6, 6.07) is 11.1. The summed E-state index contributed by atoms with van der Waals surface area (Å²) in [6.45, 7) is 2.39. The van der Waals surface area contributed by atoms with Crippen molar-refractivity contribution in [2.45, 2.75) is 39.0 Å². The van der Waals surface area contributed by atoms with Crippen LogP contribution in [0.5, 0.6) is 17.2 Å². The molecule has 0 fully saturated rings. The fourth-order valence-corrected chi connectivity index (χ4v) is 3.82. The molecule has 7 nitrogen and oxygen atoms in total. The molecule has 0 saturated heterocycles. The highest BCUT2D eigenvalue weighted by atomic mass is 16.7. The van der Waals surface area contributed by atoms with E-state index in [1.807, 2.05) is 18.2 Å². The number of carbonyl (C=O) groups is 2. The van der Waals surface area contributed by atoms with Crippen LogP contribution in [0, 0.1) is 0 Å². The minimum Gasteiger partial charge on any atom is -0.493 e. The van der Waals surface area contributed by atoms with Crippen LogP contribution < -0.4 is 19.1 Å². The highest BCUT2D eigenvalue weighted by Crippen LogP contribution is 2.39. The molecule has 1 amide bonds. The maximum atomic E-state index is 13.7. The monoisotopic (exact) mass is 453 g/mol. The molecule has 1 aliphatic rings. The van der Waals surface area contributed by atoms with E-state index in [0.29, 0.717) is 12.1 Å². The molecule has 0 aliphatic carbocycles. The van der Waals surface area contributed by atoms with Gasteiger partial charge in [0, 0.05) is 17.8 Å². The number of carbonyl (C=O) groups excluding carboxylic acids is 2. The van der Waals surface area contributed by atoms with E-state index in [2.05, 4.69) is 18.2 Å². The molecule has 0 atom stereocenters. The van der Waals surface area contributed by atoms with Gasteiger partial charge in [0.2, 0.25) is 5.75 Å². The van der Waals surface area contributed by atoms with Crippen molar-refractivity contribution in [1.29, 1.82) is 0 Å². The Morgan fingerprint density at radius 2 is 1.67 bits per heavy atom. The van der Waals surface area contributed by atoms with Crippen LogP contribution in [0.25, 0.3) is 0 Å². The van der Waals surface area contributed by atoms with E-state index in [4.69, 9.17) is 18.9 Å². The zero-order valence-electron chi connectivity index (χ0n) is 19.5. The van der Waals surface area contributed by atoms with Gasteiger partial charge in [-0.25, -0.2) is 4.79 Å². The fraction of sp³-hybridized carbons (Fsp3) is 0.385. The number of aryl methyl sites for hydroxylation is 1. The van der Waals surface area contributed by atoms with Crippen molar-refractivity contribution < 1.29 is 28.5 Å². The predicted octanol–water partition coefficient (Wildman–Crippen LogP) is 5.56. The van der Waals surface area contributed by atoms with E-state index in [9.17, 15) is 9.59 Å². The van der Waals surface area contributed by atoms with Crippen LogP contribution in [-0.4, -0.2) is 39.4 Å². The summed E-state index contributed by atoms with van der Waals surface area (Å²) in [5, 5.41) is 0. The van der Waals surface area contributed by atoms with Crippen molar-refractivity contribution >= 4 is 17.7 Å². The second-order valence-electron chi connectivity index (χ2n) is 7.59. The second-order valence-corrected chi connectivity index (χ2v) is 7.59. The van der Waals surface area contributed by atoms with E-state index in [-0.39, 0.29) is 29.8 Å². The molecule has 0 spiro atoms. The third-order valence-corrected chi connectivity index (χ3v) is 5.44. The van der Waals surface area contributed by atoms with Gasteiger partial charge in [0.05, 0.1) is 20.8 Å². The average Bonchev–Trinajstić information content (AvgIpc) is 2.87. The number of para-hydroxylation sites is 1. The highest BCUT2D eigenvalue weighted by molar-refractivity contribution is 6.07. The van der Waals surface area contributed by atoms with Crippen LogP contribution in [-0.2, 0) is 11.2 Å². The lowest BCUT2D eigenvalue weighted by atomic mass is 10.0. The molecule has 176 valence electrons. The number of methoxy groups -OCH3 is 2. The van der Waals surface area contributed by atoms with Gasteiger partial charge in [-0.2, -0.15) is 0 Å². The van der Waals surface area contributed by atoms with Crippen LogP contribution >= 0.6 is 0 Å². The number of amides is 1. The third-order valence-electron chi connectivity index (χ3n) is 5.44. The first-order valence-corrected chi connectivity index (χ1v) is 11.2. The largest absolute Gasteiger partial charge is 0.514 e. The molecule has 0 unspecified atom stereocenters. The first-order chi connectivity index (χ1) is 16.1. The molecule has 0 radical (unpaired) electrons. The first-order valence-electron chi connectivity index (χ1n) is 11.2. The molecule has 0 N–H and O–H groups in total. The number of allylic oxidation sites excluding steroid dienone is 1. The first kappa shape index (κ1) is 24.2. The Morgan fingerprint density at radius 3 is 2.36 bits per heavy atom. The van der Waals surface area contributed by atoms with E-state index >= 15 is 0 Å². The summed E-state index contributed by atoms with van der Waals surface area (Å²) in [6.07, 6.45) is 8.33. The Hall–Kier alpha value is -3.48. The van der Waals surface area contributed by atoms with Gasteiger partial charge in [-0.3, -0.25) is 4.79 Å². The van der Waals surface area contributed by atoms with Gasteiger partial charge in [-0.05, 0) is 62.8 Å². The van der Waals surface area contributed by atoms with Crippen LogP contribution in [0.2, 0.25) is 0 Å². The van der Waals surface area contributed by atoms with E-state index < -0.39 is 6.16 Å². The number of hydrogen-bond acceptors (Lipinski definition) is 6. The van der Waals surface area contributed by atoms with E-state index in [1.165, 1.54) is 14.2 Å². The van der Waals surface area contributed by atoms with Gasteiger partial charge < -0.3 is 23.8 Å². The maximum Gasteiger partial charge on any atom is 0.514 e. The number of nitrogens with zero attached hydrogens (tertiary/aromatic N) is 1. The zero-order chi connectivity index (χ0) is 23.6. The standard InChI is InChI=1S/C26H31NO6/c1-4-32-26(29)33-24-22(30-2)17-20(18-23(24)31-3)25(28)27-16-12-8-6-5-7-9-13-19-14-10-11-15-21(19)27/h6,8,10-11,14-15,17-18H,4-5,7,9,12-13,16H2,1-3H3/b8-6-. The summed E-state index contributed by atoms with van der Waals surface area (Å²) in [5.41, 5.74) is 2.42. The van der Waals surface area contributed by atoms with Crippen molar-refractivity contribution in [2.75, 3.05) is 32.3 Å². The Morgan fingerprint density at radius 1 is 0.970 bits per heavy atom. The van der Waals surface area contributed by atoms with Gasteiger partial charge in [-0.1, -0.05) is 30.4 Å². The number of rotatable bonds is 5. The number of ether oxygens (including phenoxy) is 4.